The predicted octanol–water partition coefficient (Wildman–Crippen LogP) is 15.7. The number of hydrogen-bond donors (Lipinski definition) is 4. The molecule has 0 rings (SSSR count). The maximum absolute atomic E-state index is 12.5. The Hall–Kier alpha value is -1.17. The Morgan fingerprint density at radius 2 is 0.707 bits per heavy atom. The number of carbonyl (C=O) groups is 1. The third-order valence-corrected chi connectivity index (χ3v) is 12.3. The molecule has 0 aromatic heterocycles. The molecule has 5 heteroatoms. The fraction of sp³-hybridized carbons (Fsp3) is 0.906. The van der Waals surface area contributed by atoms with Gasteiger partial charge in [-0.05, 0) is 32.1 Å². The third kappa shape index (κ3) is 42.9. The lowest BCUT2D eigenvalue weighted by molar-refractivity contribution is -0.131. The standard InChI is InChI=1S/C53H103NO4/c1-3-5-7-9-11-13-15-17-19-21-23-25-26-28-29-31-33-35-37-39-41-43-45-47-51(56)50(49-55)54-53(58)52(57)48-46-44-42-40-38-36-34-32-30-27-24-22-20-18-16-14-12-10-8-6-4-2/h37,39,45,47,50-52,55-57H,3-36,38,40-44,46,48-49H2,1-2H3,(H,54,58)/b39-37+,47-45+. The van der Waals surface area contributed by atoms with Gasteiger partial charge in [0.1, 0.15) is 6.10 Å². The number of carbonyl (C=O) groups excluding carboxylic acids is 1. The highest BCUT2D eigenvalue weighted by Gasteiger charge is 2.22. The van der Waals surface area contributed by atoms with E-state index in [0.29, 0.717) is 6.42 Å². The largest absolute Gasteiger partial charge is 0.394 e. The van der Waals surface area contributed by atoms with Gasteiger partial charge in [-0.2, -0.15) is 0 Å². The van der Waals surface area contributed by atoms with Crippen molar-refractivity contribution in [2.75, 3.05) is 6.61 Å². The molecule has 58 heavy (non-hydrogen) atoms. The molecule has 5 nitrogen and oxygen atoms in total. The minimum atomic E-state index is -1.10. The van der Waals surface area contributed by atoms with Gasteiger partial charge in [-0.1, -0.05) is 276 Å². The number of unbranched alkanes of at least 4 members (excludes halogenated alkanes) is 38. The molecular formula is C53H103NO4. The normalized spacial score (nSPS) is 13.5. The molecule has 344 valence electrons. The lowest BCUT2D eigenvalue weighted by atomic mass is 10.0. The second-order valence-electron chi connectivity index (χ2n) is 18.1. The van der Waals surface area contributed by atoms with Crippen molar-refractivity contribution in [3.8, 4) is 0 Å². The van der Waals surface area contributed by atoms with E-state index in [1.807, 2.05) is 6.08 Å². The molecule has 0 aromatic rings. The third-order valence-electron chi connectivity index (χ3n) is 12.3. The summed E-state index contributed by atoms with van der Waals surface area (Å²) in [6.45, 7) is 4.20. The van der Waals surface area contributed by atoms with Crippen molar-refractivity contribution in [2.24, 2.45) is 0 Å². The molecule has 4 N–H and O–H groups in total. The highest BCUT2D eigenvalue weighted by atomic mass is 16.3. The predicted molar refractivity (Wildman–Crippen MR) is 255 cm³/mol. The lowest BCUT2D eigenvalue weighted by Crippen LogP contribution is -2.48. The molecule has 3 unspecified atom stereocenters. The fourth-order valence-corrected chi connectivity index (χ4v) is 8.20. The molecule has 0 saturated carbocycles. The van der Waals surface area contributed by atoms with Crippen molar-refractivity contribution in [2.45, 2.75) is 302 Å². The number of nitrogens with one attached hydrogen (secondary N) is 1. The van der Waals surface area contributed by atoms with Crippen molar-refractivity contribution in [1.29, 1.82) is 0 Å². The summed E-state index contributed by atoms with van der Waals surface area (Å²) in [6.07, 6.45) is 61.0. The van der Waals surface area contributed by atoms with Gasteiger partial charge in [-0.15, -0.1) is 0 Å². The molecule has 0 saturated heterocycles. The summed E-state index contributed by atoms with van der Waals surface area (Å²) >= 11 is 0. The van der Waals surface area contributed by atoms with Crippen LogP contribution >= 0.6 is 0 Å². The highest BCUT2D eigenvalue weighted by Crippen LogP contribution is 2.17. The first-order valence-corrected chi connectivity index (χ1v) is 26.2. The van der Waals surface area contributed by atoms with Crippen LogP contribution in [0.3, 0.4) is 0 Å². The lowest BCUT2D eigenvalue weighted by Gasteiger charge is -2.21. The quantitative estimate of drug-likeness (QED) is 0.0364. The van der Waals surface area contributed by atoms with Crippen molar-refractivity contribution < 1.29 is 20.1 Å². The number of hydrogen-bond acceptors (Lipinski definition) is 4. The molecule has 0 bridgehead atoms. The Bertz CT molecular complexity index is 859. The molecule has 0 heterocycles. The first-order valence-electron chi connectivity index (χ1n) is 26.2. The van der Waals surface area contributed by atoms with E-state index in [1.165, 1.54) is 225 Å². The zero-order valence-corrected chi connectivity index (χ0v) is 39.2. The highest BCUT2D eigenvalue weighted by molar-refractivity contribution is 5.80. The van der Waals surface area contributed by atoms with Crippen LogP contribution in [0.1, 0.15) is 284 Å². The first-order chi connectivity index (χ1) is 28.6. The number of aliphatic hydroxyl groups excluding tert-OH is 3. The van der Waals surface area contributed by atoms with Crippen molar-refractivity contribution in [1.82, 2.24) is 5.32 Å². The van der Waals surface area contributed by atoms with Crippen LogP contribution < -0.4 is 5.32 Å². The van der Waals surface area contributed by atoms with Gasteiger partial charge in [0.05, 0.1) is 18.8 Å². The maximum atomic E-state index is 12.5. The Labute approximate surface area is 362 Å². The van der Waals surface area contributed by atoms with E-state index in [0.717, 1.165) is 38.5 Å². The van der Waals surface area contributed by atoms with Gasteiger partial charge >= 0.3 is 0 Å². The smallest absolute Gasteiger partial charge is 0.249 e. The van der Waals surface area contributed by atoms with Gasteiger partial charge in [-0.25, -0.2) is 0 Å². The summed E-state index contributed by atoms with van der Waals surface area (Å²) in [5.74, 6) is -0.507. The summed E-state index contributed by atoms with van der Waals surface area (Å²) < 4.78 is 0. The average molecular weight is 818 g/mol. The monoisotopic (exact) mass is 818 g/mol. The SMILES string of the molecule is CCCCCCCCCCCCCCCCCCC/C=C/CC/C=C/C(O)C(CO)NC(=O)C(O)CCCCCCCCCCCCCCCCCCCCCCC. The Balaban J connectivity index is 3.62. The minimum absolute atomic E-state index is 0.372. The number of allylic oxidation sites excluding steroid dienone is 3. The van der Waals surface area contributed by atoms with Crippen LogP contribution in [0.15, 0.2) is 24.3 Å². The molecule has 1 amide bonds. The molecular weight excluding hydrogens is 715 g/mol. The van der Waals surface area contributed by atoms with Crippen LogP contribution in [-0.2, 0) is 4.79 Å². The number of amides is 1. The van der Waals surface area contributed by atoms with Crippen LogP contribution in [0.25, 0.3) is 0 Å². The molecule has 0 spiro atoms. The van der Waals surface area contributed by atoms with Gasteiger partial charge in [0.2, 0.25) is 5.91 Å². The molecule has 0 radical (unpaired) electrons. The summed E-state index contributed by atoms with van der Waals surface area (Å²) in [5, 5.41) is 33.3. The van der Waals surface area contributed by atoms with Crippen LogP contribution in [-0.4, -0.2) is 46.1 Å². The van der Waals surface area contributed by atoms with Gasteiger partial charge in [0.15, 0.2) is 0 Å². The zero-order valence-electron chi connectivity index (χ0n) is 39.2. The van der Waals surface area contributed by atoms with Gasteiger partial charge in [0.25, 0.3) is 0 Å². The molecule has 0 aliphatic heterocycles. The van der Waals surface area contributed by atoms with Crippen LogP contribution in [0.2, 0.25) is 0 Å². The molecule has 3 atom stereocenters. The van der Waals surface area contributed by atoms with Gasteiger partial charge in [-0.3, -0.25) is 4.79 Å². The fourth-order valence-electron chi connectivity index (χ4n) is 8.20. The van der Waals surface area contributed by atoms with Gasteiger partial charge in [0, 0.05) is 0 Å². The Morgan fingerprint density at radius 1 is 0.414 bits per heavy atom. The second-order valence-corrected chi connectivity index (χ2v) is 18.1. The van der Waals surface area contributed by atoms with Crippen molar-refractivity contribution in [3.63, 3.8) is 0 Å². The molecule has 0 aliphatic carbocycles. The summed E-state index contributed by atoms with van der Waals surface area (Å²) in [5.41, 5.74) is 0. The Kier molecular flexibility index (Phi) is 47.5. The van der Waals surface area contributed by atoms with E-state index in [4.69, 9.17) is 0 Å². The van der Waals surface area contributed by atoms with E-state index in [2.05, 4.69) is 31.3 Å². The van der Waals surface area contributed by atoms with E-state index < -0.39 is 24.2 Å². The number of aliphatic hydroxyl groups is 3. The Morgan fingerprint density at radius 3 is 1.05 bits per heavy atom. The van der Waals surface area contributed by atoms with Crippen molar-refractivity contribution in [3.05, 3.63) is 24.3 Å². The summed E-state index contributed by atoms with van der Waals surface area (Å²) in [7, 11) is 0. The molecule has 0 aliphatic rings. The van der Waals surface area contributed by atoms with Gasteiger partial charge < -0.3 is 20.6 Å². The van der Waals surface area contributed by atoms with Crippen LogP contribution in [0.4, 0.5) is 0 Å². The van der Waals surface area contributed by atoms with Crippen LogP contribution in [0, 0.1) is 0 Å². The van der Waals surface area contributed by atoms with E-state index in [-0.39, 0.29) is 6.61 Å². The zero-order chi connectivity index (χ0) is 42.3. The van der Waals surface area contributed by atoms with Crippen molar-refractivity contribution >= 4 is 5.91 Å². The summed E-state index contributed by atoms with van der Waals surface area (Å²) in [6, 6.07) is -0.812. The number of rotatable bonds is 48. The maximum Gasteiger partial charge on any atom is 0.249 e. The van der Waals surface area contributed by atoms with E-state index in [9.17, 15) is 20.1 Å². The molecule has 0 fully saturated rings. The van der Waals surface area contributed by atoms with E-state index in [1.54, 1.807) is 6.08 Å². The second kappa shape index (κ2) is 48.5. The topological polar surface area (TPSA) is 89.8 Å². The average Bonchev–Trinajstić information content (AvgIpc) is 3.23. The van der Waals surface area contributed by atoms with Crippen LogP contribution in [0.5, 0.6) is 0 Å². The minimum Gasteiger partial charge on any atom is -0.394 e. The molecule has 0 aromatic carbocycles. The summed E-state index contributed by atoms with van der Waals surface area (Å²) in [4.78, 5) is 12.5. The first kappa shape index (κ1) is 56.8. The van der Waals surface area contributed by atoms with E-state index >= 15 is 0 Å².